The Morgan fingerprint density at radius 2 is 2.10 bits per heavy atom. The second kappa shape index (κ2) is 5.52. The van der Waals surface area contributed by atoms with Crippen molar-refractivity contribution >= 4 is 28.8 Å². The third kappa shape index (κ3) is 2.70. The fourth-order valence-electron chi connectivity index (χ4n) is 3.87. The van der Waals surface area contributed by atoms with Crippen LogP contribution in [0.3, 0.4) is 0 Å². The lowest BCUT2D eigenvalue weighted by molar-refractivity contribution is -0.117. The highest BCUT2D eigenvalue weighted by atomic mass is 32.1. The minimum Gasteiger partial charge on any atom is -0.389 e. The number of hydrogen-bond acceptors (Lipinski definition) is 2. The quantitative estimate of drug-likeness (QED) is 0.837. The van der Waals surface area contributed by atoms with Gasteiger partial charge in [0.05, 0.1) is 5.69 Å². The predicted molar refractivity (Wildman–Crippen MR) is 84.5 cm³/mol. The maximum absolute atomic E-state index is 12.2. The zero-order chi connectivity index (χ0) is 14.1. The van der Waals surface area contributed by atoms with Gasteiger partial charge in [0.15, 0.2) is 0 Å². The summed E-state index contributed by atoms with van der Waals surface area (Å²) in [6, 6.07) is 7.46. The van der Waals surface area contributed by atoms with Crippen LogP contribution in [0.4, 0.5) is 5.69 Å². The molecule has 3 nitrogen and oxygen atoms in total. The molecule has 3 unspecified atom stereocenters. The van der Waals surface area contributed by atoms with Crippen LogP contribution in [-0.4, -0.2) is 10.9 Å². The molecule has 0 radical (unpaired) electrons. The van der Waals surface area contributed by atoms with Gasteiger partial charge < -0.3 is 11.1 Å². The van der Waals surface area contributed by atoms with Gasteiger partial charge in [0.1, 0.15) is 4.99 Å². The molecule has 1 aromatic carbocycles. The molecule has 0 saturated heterocycles. The van der Waals surface area contributed by atoms with Crippen LogP contribution in [0.2, 0.25) is 0 Å². The molecule has 0 aromatic heterocycles. The number of hydrogen-bond donors (Lipinski definition) is 2. The van der Waals surface area contributed by atoms with E-state index >= 15 is 0 Å². The van der Waals surface area contributed by atoms with Crippen LogP contribution in [0.1, 0.15) is 37.7 Å². The van der Waals surface area contributed by atoms with Gasteiger partial charge in [0, 0.05) is 12.0 Å². The Morgan fingerprint density at radius 3 is 2.75 bits per heavy atom. The Hall–Kier alpha value is -1.42. The Morgan fingerprint density at radius 1 is 1.30 bits per heavy atom. The molecule has 4 heteroatoms. The molecule has 2 bridgehead atoms. The largest absolute Gasteiger partial charge is 0.389 e. The number of amides is 1. The Bertz CT molecular complexity index is 543. The monoisotopic (exact) mass is 288 g/mol. The van der Waals surface area contributed by atoms with Gasteiger partial charge in [-0.3, -0.25) is 4.79 Å². The van der Waals surface area contributed by atoms with Crippen molar-refractivity contribution < 1.29 is 4.79 Å². The molecular formula is C16H20N2OS. The summed E-state index contributed by atoms with van der Waals surface area (Å²) >= 11 is 5.02. The first kappa shape index (κ1) is 13.6. The van der Waals surface area contributed by atoms with Gasteiger partial charge in [-0.25, -0.2) is 0 Å². The van der Waals surface area contributed by atoms with Crippen LogP contribution in [0.25, 0.3) is 0 Å². The number of benzene rings is 1. The molecule has 2 aliphatic rings. The molecule has 3 atom stereocenters. The highest BCUT2D eigenvalue weighted by molar-refractivity contribution is 7.80. The highest BCUT2D eigenvalue weighted by Crippen LogP contribution is 2.49. The van der Waals surface area contributed by atoms with Gasteiger partial charge in [-0.05, 0) is 49.1 Å². The average molecular weight is 288 g/mol. The summed E-state index contributed by atoms with van der Waals surface area (Å²) in [6.07, 6.45) is 5.88. The minimum atomic E-state index is 0.0891. The SMILES string of the molecule is NC(=S)c1ccccc1NC(=O)CC1CC2CCC1C2. The Balaban J connectivity index is 1.63. The van der Waals surface area contributed by atoms with Crippen molar-refractivity contribution in [3.05, 3.63) is 29.8 Å². The van der Waals surface area contributed by atoms with Gasteiger partial charge in [0.25, 0.3) is 0 Å². The number of para-hydroxylation sites is 1. The zero-order valence-electron chi connectivity index (χ0n) is 11.5. The highest BCUT2D eigenvalue weighted by Gasteiger charge is 2.40. The number of rotatable bonds is 4. The smallest absolute Gasteiger partial charge is 0.224 e. The summed E-state index contributed by atoms with van der Waals surface area (Å²) in [7, 11) is 0. The number of nitrogens with two attached hydrogens (primary N) is 1. The summed E-state index contributed by atoms with van der Waals surface area (Å²) < 4.78 is 0. The van der Waals surface area contributed by atoms with E-state index in [1.54, 1.807) is 0 Å². The Kier molecular flexibility index (Phi) is 3.74. The maximum atomic E-state index is 12.2. The first-order valence-electron chi connectivity index (χ1n) is 7.32. The number of thiocarbonyl (C=S) groups is 1. The van der Waals surface area contributed by atoms with E-state index in [4.69, 9.17) is 18.0 Å². The van der Waals surface area contributed by atoms with Gasteiger partial charge in [-0.15, -0.1) is 0 Å². The van der Waals surface area contributed by atoms with E-state index in [9.17, 15) is 4.79 Å². The predicted octanol–water partition coefficient (Wildman–Crippen LogP) is 3.09. The van der Waals surface area contributed by atoms with Crippen molar-refractivity contribution in [2.75, 3.05) is 5.32 Å². The molecule has 20 heavy (non-hydrogen) atoms. The van der Waals surface area contributed by atoms with E-state index in [0.717, 1.165) is 23.1 Å². The third-order valence-electron chi connectivity index (χ3n) is 4.80. The fraction of sp³-hybridized carbons (Fsp3) is 0.500. The van der Waals surface area contributed by atoms with Gasteiger partial charge in [-0.1, -0.05) is 30.8 Å². The van der Waals surface area contributed by atoms with E-state index in [-0.39, 0.29) is 5.91 Å². The number of carbonyl (C=O) groups excluding carboxylic acids is 1. The van der Waals surface area contributed by atoms with Gasteiger partial charge in [0.2, 0.25) is 5.91 Å². The van der Waals surface area contributed by atoms with Crippen molar-refractivity contribution in [2.24, 2.45) is 23.5 Å². The van der Waals surface area contributed by atoms with Crippen LogP contribution in [-0.2, 0) is 4.79 Å². The molecule has 1 amide bonds. The first-order valence-corrected chi connectivity index (χ1v) is 7.73. The lowest BCUT2D eigenvalue weighted by Crippen LogP contribution is -2.22. The normalized spacial score (nSPS) is 27.5. The van der Waals surface area contributed by atoms with E-state index in [0.29, 0.717) is 17.3 Å². The number of fused-ring (bicyclic) bond motifs is 2. The molecule has 0 aliphatic heterocycles. The van der Waals surface area contributed by atoms with E-state index in [1.807, 2.05) is 24.3 Å². The molecule has 3 N–H and O–H groups in total. The van der Waals surface area contributed by atoms with Crippen molar-refractivity contribution in [3.63, 3.8) is 0 Å². The van der Waals surface area contributed by atoms with Crippen LogP contribution >= 0.6 is 12.2 Å². The molecule has 0 heterocycles. The number of anilines is 1. The summed E-state index contributed by atoms with van der Waals surface area (Å²) in [5.74, 6) is 2.32. The van der Waals surface area contributed by atoms with E-state index in [2.05, 4.69) is 5.32 Å². The van der Waals surface area contributed by atoms with Crippen molar-refractivity contribution in [1.82, 2.24) is 0 Å². The van der Waals surface area contributed by atoms with Crippen molar-refractivity contribution in [3.8, 4) is 0 Å². The van der Waals surface area contributed by atoms with Crippen LogP contribution in [0.5, 0.6) is 0 Å². The first-order chi connectivity index (χ1) is 9.63. The minimum absolute atomic E-state index is 0.0891. The molecule has 1 aromatic rings. The second-order valence-electron chi connectivity index (χ2n) is 6.10. The standard InChI is InChI=1S/C16H20N2OS/c17-16(20)13-3-1-2-4-14(13)18-15(19)9-12-8-10-5-6-11(12)7-10/h1-4,10-12H,5-9H2,(H2,17,20)(H,18,19). The molecule has 106 valence electrons. The lowest BCUT2D eigenvalue weighted by Gasteiger charge is -2.21. The molecule has 2 saturated carbocycles. The molecule has 2 fully saturated rings. The number of carbonyl (C=O) groups is 1. The van der Waals surface area contributed by atoms with E-state index < -0.39 is 0 Å². The molecule has 0 spiro atoms. The average Bonchev–Trinajstić information content (AvgIpc) is 3.01. The van der Waals surface area contributed by atoms with Crippen LogP contribution in [0, 0.1) is 17.8 Å². The van der Waals surface area contributed by atoms with Crippen molar-refractivity contribution in [2.45, 2.75) is 32.1 Å². The molecule has 3 rings (SSSR count). The van der Waals surface area contributed by atoms with Crippen LogP contribution < -0.4 is 11.1 Å². The summed E-state index contributed by atoms with van der Waals surface area (Å²) in [5.41, 5.74) is 7.15. The van der Waals surface area contributed by atoms with Crippen molar-refractivity contribution in [1.29, 1.82) is 0 Å². The third-order valence-corrected chi connectivity index (χ3v) is 5.02. The van der Waals surface area contributed by atoms with Crippen LogP contribution in [0.15, 0.2) is 24.3 Å². The van der Waals surface area contributed by atoms with Gasteiger partial charge >= 0.3 is 0 Å². The summed E-state index contributed by atoms with van der Waals surface area (Å²) in [5, 5.41) is 2.97. The topological polar surface area (TPSA) is 55.1 Å². The molecular weight excluding hydrogens is 268 g/mol. The van der Waals surface area contributed by atoms with Gasteiger partial charge in [-0.2, -0.15) is 0 Å². The Labute approximate surface area is 124 Å². The summed E-state index contributed by atoms with van der Waals surface area (Å²) in [6.45, 7) is 0. The molecule has 2 aliphatic carbocycles. The summed E-state index contributed by atoms with van der Waals surface area (Å²) in [4.78, 5) is 12.5. The van der Waals surface area contributed by atoms with E-state index in [1.165, 1.54) is 25.7 Å². The fourth-order valence-corrected chi connectivity index (χ4v) is 4.05. The second-order valence-corrected chi connectivity index (χ2v) is 6.54. The maximum Gasteiger partial charge on any atom is 0.224 e. The number of nitrogens with one attached hydrogen (secondary N) is 1. The zero-order valence-corrected chi connectivity index (χ0v) is 12.3. The lowest BCUT2D eigenvalue weighted by atomic mass is 9.86.